The van der Waals surface area contributed by atoms with Gasteiger partial charge >= 0.3 is 12.0 Å². The zero-order chi connectivity index (χ0) is 19.4. The lowest BCUT2D eigenvalue weighted by molar-refractivity contribution is -0.384. The summed E-state index contributed by atoms with van der Waals surface area (Å²) in [4.78, 5) is 36.3. The maximum atomic E-state index is 12.5. The Morgan fingerprint density at radius 1 is 1.19 bits per heavy atom. The van der Waals surface area contributed by atoms with Crippen molar-refractivity contribution in [2.24, 2.45) is 0 Å². The number of rotatable bonds is 5. The molecule has 1 fully saturated rings. The molecule has 0 radical (unpaired) electrons. The van der Waals surface area contributed by atoms with Crippen LogP contribution in [0.15, 0.2) is 60.7 Å². The fourth-order valence-corrected chi connectivity index (χ4v) is 2.89. The number of hydrogen-bond donors (Lipinski definition) is 1. The number of nitrogens with one attached hydrogen (secondary N) is 1. The van der Waals surface area contributed by atoms with Crippen LogP contribution < -0.4 is 10.2 Å². The van der Waals surface area contributed by atoms with Crippen molar-refractivity contribution in [3.63, 3.8) is 0 Å². The predicted molar refractivity (Wildman–Crippen MR) is 99.2 cm³/mol. The number of urea groups is 1. The molecular formula is C19H17N3O5. The number of carbonyl (C=O) groups is 2. The van der Waals surface area contributed by atoms with Gasteiger partial charge in [-0.2, -0.15) is 0 Å². The van der Waals surface area contributed by atoms with Gasteiger partial charge in [-0.15, -0.1) is 0 Å². The van der Waals surface area contributed by atoms with Crippen molar-refractivity contribution in [1.82, 2.24) is 5.32 Å². The van der Waals surface area contributed by atoms with Gasteiger partial charge < -0.3 is 10.1 Å². The number of nitro benzene ring substituents is 1. The largest absolute Gasteiger partial charge is 0.467 e. The molecule has 27 heavy (non-hydrogen) atoms. The first-order chi connectivity index (χ1) is 13.0. The Kier molecular flexibility index (Phi) is 5.16. The molecular weight excluding hydrogens is 350 g/mol. The number of esters is 1. The highest BCUT2D eigenvalue weighted by Gasteiger charge is 2.43. The van der Waals surface area contributed by atoms with Gasteiger partial charge in [0.15, 0.2) is 6.04 Å². The molecule has 138 valence electrons. The molecule has 0 aromatic heterocycles. The van der Waals surface area contributed by atoms with Crippen molar-refractivity contribution < 1.29 is 19.2 Å². The van der Waals surface area contributed by atoms with Gasteiger partial charge in [-0.25, -0.2) is 9.59 Å². The average Bonchev–Trinajstić information content (AvgIpc) is 3.02. The molecule has 2 atom stereocenters. The number of non-ortho nitro benzene ring substituents is 1. The number of benzene rings is 2. The van der Waals surface area contributed by atoms with E-state index in [-0.39, 0.29) is 5.69 Å². The highest BCUT2D eigenvalue weighted by molar-refractivity contribution is 6.01. The molecule has 1 saturated heterocycles. The first kappa shape index (κ1) is 18.1. The summed E-state index contributed by atoms with van der Waals surface area (Å²) in [6.45, 7) is 0. The number of nitro groups is 1. The third-order valence-corrected chi connectivity index (χ3v) is 4.22. The molecule has 2 aromatic rings. The first-order valence-corrected chi connectivity index (χ1v) is 8.16. The summed E-state index contributed by atoms with van der Waals surface area (Å²) in [7, 11) is 1.25. The molecule has 1 heterocycles. The van der Waals surface area contributed by atoms with Crippen molar-refractivity contribution >= 4 is 29.5 Å². The van der Waals surface area contributed by atoms with E-state index in [0.29, 0.717) is 5.69 Å². The highest BCUT2D eigenvalue weighted by Crippen LogP contribution is 2.27. The molecule has 1 aliphatic rings. The molecule has 0 unspecified atom stereocenters. The summed E-state index contributed by atoms with van der Waals surface area (Å²) in [6.07, 6.45) is 3.54. The summed E-state index contributed by atoms with van der Waals surface area (Å²) >= 11 is 0. The molecule has 8 nitrogen and oxygen atoms in total. The highest BCUT2D eigenvalue weighted by atomic mass is 16.6. The van der Waals surface area contributed by atoms with Gasteiger partial charge in [-0.3, -0.25) is 15.0 Å². The van der Waals surface area contributed by atoms with E-state index in [1.54, 1.807) is 12.2 Å². The molecule has 8 heteroatoms. The number of methoxy groups -OCH3 is 1. The Balaban J connectivity index is 1.96. The minimum Gasteiger partial charge on any atom is -0.467 e. The van der Waals surface area contributed by atoms with Crippen LogP contribution >= 0.6 is 0 Å². The van der Waals surface area contributed by atoms with Gasteiger partial charge in [0.25, 0.3) is 5.69 Å². The van der Waals surface area contributed by atoms with Gasteiger partial charge in [-0.05, 0) is 17.7 Å². The van der Waals surface area contributed by atoms with Gasteiger partial charge in [0.05, 0.1) is 18.1 Å². The standard InChI is InChI=1S/C19H17N3O5/c1-27-18(23)17-16(12-7-13-5-3-2-4-6-13)21(19(24)20-17)14-8-10-15(11-9-14)22(25)26/h2-12,16-17H,1H3,(H,20,24)/b12-7+/t16-,17+/m1/s1. The van der Waals surface area contributed by atoms with Crippen LogP contribution in [0.5, 0.6) is 0 Å². The van der Waals surface area contributed by atoms with Crippen molar-refractivity contribution in [3.05, 3.63) is 76.4 Å². The second-order valence-electron chi connectivity index (χ2n) is 5.85. The summed E-state index contributed by atoms with van der Waals surface area (Å²) in [6, 6.07) is 13.0. The maximum absolute atomic E-state index is 12.5. The predicted octanol–water partition coefficient (Wildman–Crippen LogP) is 2.75. The van der Waals surface area contributed by atoms with E-state index in [1.165, 1.54) is 36.3 Å². The van der Waals surface area contributed by atoms with Crippen molar-refractivity contribution in [2.45, 2.75) is 12.1 Å². The molecule has 2 aromatic carbocycles. The topological polar surface area (TPSA) is 102 Å². The zero-order valence-corrected chi connectivity index (χ0v) is 14.4. The third kappa shape index (κ3) is 3.79. The normalized spacial score (nSPS) is 19.1. The molecule has 0 bridgehead atoms. The Hall–Kier alpha value is -3.68. The van der Waals surface area contributed by atoms with Crippen LogP contribution in [-0.4, -0.2) is 36.1 Å². The van der Waals surface area contributed by atoms with Crippen LogP contribution in [-0.2, 0) is 9.53 Å². The number of carbonyl (C=O) groups excluding carboxylic acids is 2. The fraction of sp³-hybridized carbons (Fsp3) is 0.158. The summed E-state index contributed by atoms with van der Waals surface area (Å²) < 4.78 is 4.80. The first-order valence-electron chi connectivity index (χ1n) is 8.16. The Labute approximate surface area is 155 Å². The molecule has 0 spiro atoms. The number of nitrogens with zero attached hydrogens (tertiary/aromatic N) is 2. The molecule has 0 aliphatic carbocycles. The summed E-state index contributed by atoms with van der Waals surface area (Å²) in [5.74, 6) is -0.574. The second kappa shape index (κ2) is 7.69. The van der Waals surface area contributed by atoms with E-state index in [1.807, 2.05) is 30.3 Å². The van der Waals surface area contributed by atoms with E-state index < -0.39 is 29.0 Å². The number of ether oxygens (including phenoxy) is 1. The van der Waals surface area contributed by atoms with Gasteiger partial charge in [0.2, 0.25) is 0 Å². The quantitative estimate of drug-likeness (QED) is 0.497. The summed E-state index contributed by atoms with van der Waals surface area (Å²) in [5.41, 5.74) is 1.26. The van der Waals surface area contributed by atoms with E-state index >= 15 is 0 Å². The fourth-order valence-electron chi connectivity index (χ4n) is 2.89. The molecule has 2 amide bonds. The average molecular weight is 367 g/mol. The number of hydrogen-bond acceptors (Lipinski definition) is 5. The van der Waals surface area contributed by atoms with E-state index in [4.69, 9.17) is 4.74 Å². The smallest absolute Gasteiger partial charge is 0.330 e. The molecule has 0 saturated carbocycles. The lowest BCUT2D eigenvalue weighted by Crippen LogP contribution is -2.41. The lowest BCUT2D eigenvalue weighted by Gasteiger charge is -2.22. The van der Waals surface area contributed by atoms with Crippen LogP contribution in [0.2, 0.25) is 0 Å². The minimum absolute atomic E-state index is 0.0840. The van der Waals surface area contributed by atoms with Crippen LogP contribution in [0.4, 0.5) is 16.2 Å². The Bertz CT molecular complexity index is 880. The third-order valence-electron chi connectivity index (χ3n) is 4.22. The van der Waals surface area contributed by atoms with Gasteiger partial charge in [0, 0.05) is 17.8 Å². The maximum Gasteiger partial charge on any atom is 0.330 e. The van der Waals surface area contributed by atoms with Crippen molar-refractivity contribution in [3.8, 4) is 0 Å². The monoisotopic (exact) mass is 367 g/mol. The number of anilines is 1. The van der Waals surface area contributed by atoms with Crippen LogP contribution in [0.3, 0.4) is 0 Å². The minimum atomic E-state index is -0.891. The van der Waals surface area contributed by atoms with Crippen LogP contribution in [0.25, 0.3) is 6.08 Å². The Morgan fingerprint density at radius 3 is 2.44 bits per heavy atom. The molecule has 3 rings (SSSR count). The number of amides is 2. The lowest BCUT2D eigenvalue weighted by atomic mass is 10.1. The molecule has 1 aliphatic heterocycles. The van der Waals surface area contributed by atoms with Crippen LogP contribution in [0, 0.1) is 10.1 Å². The van der Waals surface area contributed by atoms with Crippen molar-refractivity contribution in [2.75, 3.05) is 12.0 Å². The van der Waals surface area contributed by atoms with Crippen molar-refractivity contribution in [1.29, 1.82) is 0 Å². The second-order valence-corrected chi connectivity index (χ2v) is 5.85. The van der Waals surface area contributed by atoms with E-state index in [0.717, 1.165) is 5.56 Å². The van der Waals surface area contributed by atoms with E-state index in [2.05, 4.69) is 5.32 Å². The SMILES string of the molecule is COC(=O)[C@H]1NC(=O)N(c2ccc([N+](=O)[O-])cc2)[C@@H]1/C=C/c1ccccc1. The van der Waals surface area contributed by atoms with Crippen LogP contribution in [0.1, 0.15) is 5.56 Å². The Morgan fingerprint density at radius 2 is 1.85 bits per heavy atom. The summed E-state index contributed by atoms with van der Waals surface area (Å²) in [5, 5.41) is 13.4. The zero-order valence-electron chi connectivity index (χ0n) is 14.4. The molecule has 1 N–H and O–H groups in total. The van der Waals surface area contributed by atoms with E-state index in [9.17, 15) is 19.7 Å². The van der Waals surface area contributed by atoms with Gasteiger partial charge in [-0.1, -0.05) is 42.5 Å². The van der Waals surface area contributed by atoms with Gasteiger partial charge in [0.1, 0.15) is 0 Å².